The zero-order valence-electron chi connectivity index (χ0n) is 15.5. The molecule has 0 radical (unpaired) electrons. The molecule has 3 rings (SSSR count). The molecular weight excluding hydrogens is 326 g/mol. The van der Waals surface area contributed by atoms with Gasteiger partial charge in [-0.05, 0) is 69.1 Å². The molecule has 26 heavy (non-hydrogen) atoms. The van der Waals surface area contributed by atoms with Crippen LogP contribution in [0.1, 0.15) is 42.1 Å². The van der Waals surface area contributed by atoms with Crippen LogP contribution in [0.4, 0.5) is 0 Å². The number of pyridine rings is 1. The first-order valence-corrected chi connectivity index (χ1v) is 9.20. The molecule has 2 atom stereocenters. The molecule has 2 aromatic rings. The van der Waals surface area contributed by atoms with E-state index < -0.39 is 0 Å². The van der Waals surface area contributed by atoms with E-state index in [0.29, 0.717) is 6.42 Å². The molecule has 0 spiro atoms. The summed E-state index contributed by atoms with van der Waals surface area (Å²) in [4.78, 5) is 19.0. The Labute approximate surface area is 155 Å². The lowest BCUT2D eigenvalue weighted by atomic mass is 10.0. The van der Waals surface area contributed by atoms with Gasteiger partial charge in [0.2, 0.25) is 5.91 Å². The van der Waals surface area contributed by atoms with Crippen LogP contribution < -0.4 is 5.32 Å². The molecule has 1 amide bonds. The molecule has 1 aliphatic rings. The second-order valence-corrected chi connectivity index (χ2v) is 7.23. The number of nitrogens with one attached hydrogen (secondary N) is 1. The minimum atomic E-state index is 0.0496. The summed E-state index contributed by atoms with van der Waals surface area (Å²) in [5, 5.41) is 12.6. The maximum Gasteiger partial charge on any atom is 0.220 e. The largest absolute Gasteiger partial charge is 0.508 e. The lowest BCUT2D eigenvalue weighted by Gasteiger charge is -2.24. The van der Waals surface area contributed by atoms with Crippen molar-refractivity contribution in [3.8, 4) is 5.75 Å². The van der Waals surface area contributed by atoms with Gasteiger partial charge in [-0.25, -0.2) is 0 Å². The van der Waals surface area contributed by atoms with Crippen LogP contribution in [0.3, 0.4) is 0 Å². The van der Waals surface area contributed by atoms with E-state index in [4.69, 9.17) is 0 Å². The monoisotopic (exact) mass is 353 g/mol. The number of carbonyl (C=O) groups is 1. The summed E-state index contributed by atoms with van der Waals surface area (Å²) in [7, 11) is 4.08. The van der Waals surface area contributed by atoms with Gasteiger partial charge in [-0.1, -0.05) is 18.2 Å². The number of fused-ring (bicyclic) bond motifs is 1. The first-order chi connectivity index (χ1) is 12.5. The number of rotatable bonds is 7. The van der Waals surface area contributed by atoms with E-state index >= 15 is 0 Å². The van der Waals surface area contributed by atoms with Crippen LogP contribution in [-0.4, -0.2) is 41.0 Å². The zero-order valence-corrected chi connectivity index (χ0v) is 15.5. The van der Waals surface area contributed by atoms with Crippen LogP contribution in [0, 0.1) is 0 Å². The van der Waals surface area contributed by atoms with Crippen LogP contribution in [0.5, 0.6) is 5.75 Å². The van der Waals surface area contributed by atoms with Crippen LogP contribution in [0.15, 0.2) is 42.6 Å². The first kappa shape index (κ1) is 18.4. The number of nitrogens with zero attached hydrogens (tertiary/aromatic N) is 2. The Bertz CT molecular complexity index is 743. The maximum absolute atomic E-state index is 12.4. The summed E-state index contributed by atoms with van der Waals surface area (Å²) in [6.45, 7) is 0. The highest BCUT2D eigenvalue weighted by atomic mass is 16.3. The number of hydrogen-bond donors (Lipinski definition) is 2. The Morgan fingerprint density at radius 2 is 2.08 bits per heavy atom. The van der Waals surface area contributed by atoms with Crippen molar-refractivity contribution < 1.29 is 9.90 Å². The van der Waals surface area contributed by atoms with Gasteiger partial charge in [-0.2, -0.15) is 0 Å². The van der Waals surface area contributed by atoms with Gasteiger partial charge < -0.3 is 15.3 Å². The third-order valence-electron chi connectivity index (χ3n) is 5.14. The quantitative estimate of drug-likeness (QED) is 0.803. The molecule has 0 bridgehead atoms. The number of carbonyl (C=O) groups excluding carboxylic acids is 1. The zero-order chi connectivity index (χ0) is 18.5. The molecular formula is C21H27N3O2. The summed E-state index contributed by atoms with van der Waals surface area (Å²) in [5.41, 5.74) is 3.43. The van der Waals surface area contributed by atoms with Gasteiger partial charge in [0.25, 0.3) is 0 Å². The fourth-order valence-electron chi connectivity index (χ4n) is 3.56. The van der Waals surface area contributed by atoms with E-state index in [2.05, 4.69) is 21.3 Å². The number of aryl methyl sites for hydroxylation is 1. The fraction of sp³-hybridized carbons (Fsp3) is 0.429. The Kier molecular flexibility index (Phi) is 5.89. The molecule has 0 saturated heterocycles. The van der Waals surface area contributed by atoms with Crippen molar-refractivity contribution >= 4 is 5.91 Å². The average molecular weight is 353 g/mol. The smallest absolute Gasteiger partial charge is 0.220 e. The van der Waals surface area contributed by atoms with Crippen molar-refractivity contribution in [3.63, 3.8) is 0 Å². The molecule has 138 valence electrons. The highest BCUT2D eigenvalue weighted by Gasteiger charge is 2.25. The highest BCUT2D eigenvalue weighted by Crippen LogP contribution is 2.28. The second-order valence-electron chi connectivity index (χ2n) is 7.23. The molecule has 1 heterocycles. The summed E-state index contributed by atoms with van der Waals surface area (Å²) in [5.74, 6) is 0.367. The molecule has 1 aliphatic carbocycles. The molecule has 5 nitrogen and oxygen atoms in total. The molecule has 2 N–H and O–H groups in total. The normalized spacial score (nSPS) is 17.1. The van der Waals surface area contributed by atoms with E-state index in [1.54, 1.807) is 18.3 Å². The number of phenols is 1. The summed E-state index contributed by atoms with van der Waals surface area (Å²) in [6.07, 6.45) is 5.86. The van der Waals surface area contributed by atoms with Gasteiger partial charge in [0.05, 0.1) is 11.7 Å². The Morgan fingerprint density at radius 1 is 1.31 bits per heavy atom. The van der Waals surface area contributed by atoms with Crippen LogP contribution in [0.2, 0.25) is 0 Å². The van der Waals surface area contributed by atoms with E-state index in [1.807, 2.05) is 32.3 Å². The second kappa shape index (κ2) is 8.32. The predicted octanol–water partition coefficient (Wildman–Crippen LogP) is 2.84. The summed E-state index contributed by atoms with van der Waals surface area (Å²) in [6, 6.07) is 11.7. The third kappa shape index (κ3) is 4.61. The number of benzene rings is 1. The number of likely N-dealkylation sites (N-methyl/N-ethyl adjacent to an activating group) is 1. The van der Waals surface area contributed by atoms with Gasteiger partial charge in [0, 0.05) is 18.7 Å². The van der Waals surface area contributed by atoms with Crippen molar-refractivity contribution in [2.45, 2.75) is 44.2 Å². The van der Waals surface area contributed by atoms with E-state index in [1.165, 1.54) is 5.56 Å². The highest BCUT2D eigenvalue weighted by molar-refractivity contribution is 5.76. The van der Waals surface area contributed by atoms with Crippen LogP contribution in [-0.2, 0) is 17.6 Å². The van der Waals surface area contributed by atoms with Gasteiger partial charge in [-0.3, -0.25) is 9.78 Å². The van der Waals surface area contributed by atoms with E-state index in [-0.39, 0.29) is 23.7 Å². The standard InChI is InChI=1S/C21H27N3O2/c1-24(2)17(14-15-5-9-18(25)10-6-15)8-12-20(26)23-19-11-7-16-4-3-13-22-21(16)19/h3-6,9-10,13,17,19,25H,7-8,11-12,14H2,1-2H3,(H,23,26)/t17-,19?/m1/s1. The van der Waals surface area contributed by atoms with Crippen LogP contribution >= 0.6 is 0 Å². The molecule has 0 saturated carbocycles. The van der Waals surface area contributed by atoms with E-state index in [0.717, 1.165) is 36.9 Å². The van der Waals surface area contributed by atoms with Gasteiger partial charge >= 0.3 is 0 Å². The molecule has 1 unspecified atom stereocenters. The Morgan fingerprint density at radius 3 is 2.81 bits per heavy atom. The number of hydrogen-bond acceptors (Lipinski definition) is 4. The molecule has 5 heteroatoms. The third-order valence-corrected chi connectivity index (χ3v) is 5.14. The lowest BCUT2D eigenvalue weighted by molar-refractivity contribution is -0.122. The topological polar surface area (TPSA) is 65.5 Å². The van der Waals surface area contributed by atoms with Crippen molar-refractivity contribution in [2.75, 3.05) is 14.1 Å². The number of phenolic OH excluding ortho intramolecular Hbond substituents is 1. The minimum absolute atomic E-state index is 0.0496. The van der Waals surface area contributed by atoms with Gasteiger partial charge in [0.15, 0.2) is 0 Å². The van der Waals surface area contributed by atoms with Gasteiger partial charge in [-0.15, -0.1) is 0 Å². The molecule has 0 fully saturated rings. The SMILES string of the molecule is CN(C)[C@H](CCC(=O)NC1CCc2cccnc21)Cc1ccc(O)cc1. The summed E-state index contributed by atoms with van der Waals surface area (Å²) >= 11 is 0. The number of aromatic nitrogens is 1. The maximum atomic E-state index is 12.4. The van der Waals surface area contributed by atoms with Crippen molar-refractivity contribution in [1.29, 1.82) is 0 Å². The van der Waals surface area contributed by atoms with Gasteiger partial charge in [0.1, 0.15) is 5.75 Å². The molecule has 1 aromatic heterocycles. The van der Waals surface area contributed by atoms with E-state index in [9.17, 15) is 9.90 Å². The number of aromatic hydroxyl groups is 1. The fourth-order valence-corrected chi connectivity index (χ4v) is 3.56. The minimum Gasteiger partial charge on any atom is -0.508 e. The van der Waals surface area contributed by atoms with Crippen molar-refractivity contribution in [1.82, 2.24) is 15.2 Å². The molecule has 1 aromatic carbocycles. The number of amides is 1. The van der Waals surface area contributed by atoms with Crippen molar-refractivity contribution in [2.24, 2.45) is 0 Å². The first-order valence-electron chi connectivity index (χ1n) is 9.20. The Balaban J connectivity index is 1.52. The lowest BCUT2D eigenvalue weighted by Crippen LogP contribution is -2.33. The predicted molar refractivity (Wildman–Crippen MR) is 102 cm³/mol. The average Bonchev–Trinajstić information content (AvgIpc) is 3.03. The molecule has 0 aliphatic heterocycles. The van der Waals surface area contributed by atoms with Crippen molar-refractivity contribution in [3.05, 3.63) is 59.4 Å². The Hall–Kier alpha value is -2.40. The van der Waals surface area contributed by atoms with Crippen LogP contribution in [0.25, 0.3) is 0 Å². The summed E-state index contributed by atoms with van der Waals surface area (Å²) < 4.78 is 0.